The first-order valence-corrected chi connectivity index (χ1v) is 3.96. The second kappa shape index (κ2) is 3.27. The molecule has 2 heteroatoms. The van der Waals surface area contributed by atoms with Crippen LogP contribution in [0.15, 0.2) is 16.2 Å². The van der Waals surface area contributed by atoms with Crippen molar-refractivity contribution in [2.24, 2.45) is 4.03 Å². The summed E-state index contributed by atoms with van der Waals surface area (Å²) in [5, 5.41) is 0. The van der Waals surface area contributed by atoms with Gasteiger partial charge in [-0.25, -0.2) is 0 Å². The number of rotatable bonds is 1. The Morgan fingerprint density at radius 3 is 1.91 bits per heavy atom. The number of hydrogen-bond acceptors (Lipinski definition) is 1. The monoisotopic (exact) mass is 191 g/mol. The molecule has 1 aromatic carbocycles. The van der Waals surface area contributed by atoms with Gasteiger partial charge < -0.3 is 0 Å². The second-order valence-electron chi connectivity index (χ2n) is 2.82. The van der Waals surface area contributed by atoms with Crippen LogP contribution in [0.25, 0.3) is 0 Å². The zero-order chi connectivity index (χ0) is 8.43. The van der Waals surface area contributed by atoms with E-state index in [1.807, 2.05) is 13.8 Å². The van der Waals surface area contributed by atoms with Crippen LogP contribution in [0.2, 0.25) is 0 Å². The van der Waals surface area contributed by atoms with Crippen LogP contribution in [0.5, 0.6) is 0 Å². The maximum absolute atomic E-state index is 4.38. The standard InChI is InChI=1S/C9H11N.Ni/c1-6-4-7(2)9(10)8(3)5-6;/h4-5H,1-3H3;. The average Bonchev–Trinajstić information content (AvgIpc) is 1.85. The summed E-state index contributed by atoms with van der Waals surface area (Å²) in [6.07, 6.45) is 0. The van der Waals surface area contributed by atoms with Crippen molar-refractivity contribution in [1.29, 1.82) is 0 Å². The van der Waals surface area contributed by atoms with Crippen LogP contribution in [0, 0.1) is 20.8 Å². The van der Waals surface area contributed by atoms with Crippen molar-refractivity contribution >= 4 is 5.69 Å². The van der Waals surface area contributed by atoms with Crippen LogP contribution in [0.3, 0.4) is 0 Å². The van der Waals surface area contributed by atoms with Gasteiger partial charge in [0.25, 0.3) is 0 Å². The zero-order valence-electron chi connectivity index (χ0n) is 6.92. The molecule has 0 saturated carbocycles. The molecule has 0 aliphatic carbocycles. The van der Waals surface area contributed by atoms with Crippen molar-refractivity contribution < 1.29 is 15.3 Å². The third-order valence-electron chi connectivity index (χ3n) is 1.71. The Labute approximate surface area is 75.0 Å². The van der Waals surface area contributed by atoms with Crippen molar-refractivity contribution in [2.75, 3.05) is 0 Å². The minimum atomic E-state index is 0.968. The molecule has 1 rings (SSSR count). The van der Waals surface area contributed by atoms with E-state index < -0.39 is 0 Å². The van der Waals surface area contributed by atoms with Crippen LogP contribution in [0.4, 0.5) is 5.69 Å². The molecule has 1 nitrogen and oxygen atoms in total. The predicted molar refractivity (Wildman–Crippen MR) is 42.7 cm³/mol. The van der Waals surface area contributed by atoms with E-state index in [4.69, 9.17) is 0 Å². The quantitative estimate of drug-likeness (QED) is 0.606. The van der Waals surface area contributed by atoms with Gasteiger partial charge in [-0.15, -0.1) is 0 Å². The normalized spacial score (nSPS) is 9.91. The SMILES string of the molecule is Cc1cc(C)c([N]=[Ni])c(C)c1. The van der Waals surface area contributed by atoms with Gasteiger partial charge in [0.2, 0.25) is 0 Å². The maximum atomic E-state index is 4.38. The fraction of sp³-hybridized carbons (Fsp3) is 0.333. The van der Waals surface area contributed by atoms with Gasteiger partial charge >= 0.3 is 74.6 Å². The molecule has 0 radical (unpaired) electrons. The first kappa shape index (κ1) is 8.61. The van der Waals surface area contributed by atoms with E-state index in [0.29, 0.717) is 0 Å². The van der Waals surface area contributed by atoms with Crippen molar-refractivity contribution in [1.82, 2.24) is 0 Å². The Morgan fingerprint density at radius 2 is 1.55 bits per heavy atom. The van der Waals surface area contributed by atoms with Crippen molar-refractivity contribution in [3.05, 3.63) is 28.8 Å². The van der Waals surface area contributed by atoms with E-state index in [9.17, 15) is 0 Å². The van der Waals surface area contributed by atoms with Gasteiger partial charge in [-0.2, -0.15) is 0 Å². The molecule has 1 aromatic rings. The van der Waals surface area contributed by atoms with E-state index in [1.165, 1.54) is 16.7 Å². The Morgan fingerprint density at radius 1 is 1.09 bits per heavy atom. The molecular formula is C9H11NNi. The molecule has 0 aromatic heterocycles. The van der Waals surface area contributed by atoms with Crippen LogP contribution in [-0.2, 0) is 15.3 Å². The topological polar surface area (TPSA) is 12.4 Å². The van der Waals surface area contributed by atoms with E-state index >= 15 is 0 Å². The van der Waals surface area contributed by atoms with Gasteiger partial charge in [-0.3, -0.25) is 0 Å². The van der Waals surface area contributed by atoms with Gasteiger partial charge in [-0.1, -0.05) is 0 Å². The van der Waals surface area contributed by atoms with Gasteiger partial charge in [0, 0.05) is 0 Å². The fourth-order valence-corrected chi connectivity index (χ4v) is 1.63. The first-order chi connectivity index (χ1) is 5.15. The number of benzene rings is 1. The minimum absolute atomic E-state index is 0.968. The summed E-state index contributed by atoms with van der Waals surface area (Å²) in [6.45, 7) is 6.16. The third kappa shape index (κ3) is 1.75. The summed E-state index contributed by atoms with van der Waals surface area (Å²) in [7, 11) is 0. The summed E-state index contributed by atoms with van der Waals surface area (Å²) in [5.41, 5.74) is 4.59. The first-order valence-electron chi connectivity index (χ1n) is 3.52. The molecule has 0 aliphatic rings. The molecule has 11 heavy (non-hydrogen) atoms. The van der Waals surface area contributed by atoms with Crippen molar-refractivity contribution in [2.45, 2.75) is 20.8 Å². The van der Waals surface area contributed by atoms with E-state index in [1.54, 1.807) is 0 Å². The van der Waals surface area contributed by atoms with Crippen LogP contribution in [-0.4, -0.2) is 0 Å². The second-order valence-corrected chi connectivity index (χ2v) is 3.04. The summed E-state index contributed by atoms with van der Waals surface area (Å²) in [4.78, 5) is 0. The van der Waals surface area contributed by atoms with Crippen molar-refractivity contribution in [3.8, 4) is 0 Å². The van der Waals surface area contributed by atoms with E-state index in [2.05, 4.69) is 38.4 Å². The molecule has 62 valence electrons. The number of hydrogen-bond donors (Lipinski definition) is 0. The van der Waals surface area contributed by atoms with Gasteiger partial charge in [0.15, 0.2) is 0 Å². The average molecular weight is 192 g/mol. The molecule has 0 spiro atoms. The van der Waals surface area contributed by atoms with Crippen LogP contribution >= 0.6 is 0 Å². The predicted octanol–water partition coefficient (Wildman–Crippen LogP) is 2.97. The van der Waals surface area contributed by atoms with Gasteiger partial charge in [0.05, 0.1) is 0 Å². The summed E-state index contributed by atoms with van der Waals surface area (Å²) < 4.78 is 3.84. The molecule has 0 N–H and O–H groups in total. The van der Waals surface area contributed by atoms with E-state index in [0.717, 1.165) is 5.69 Å². The summed E-state index contributed by atoms with van der Waals surface area (Å²) in [5.74, 6) is 0. The molecule has 0 saturated heterocycles. The van der Waals surface area contributed by atoms with Crippen LogP contribution in [0.1, 0.15) is 16.7 Å². The summed E-state index contributed by atoms with van der Waals surface area (Å²) >= 11 is 4.38. The zero-order valence-corrected chi connectivity index (χ0v) is 7.91. The van der Waals surface area contributed by atoms with Crippen LogP contribution < -0.4 is 0 Å². The Balaban J connectivity index is 3.36. The molecule has 0 atom stereocenters. The molecule has 0 aliphatic heterocycles. The summed E-state index contributed by atoms with van der Waals surface area (Å²) in [6, 6.07) is 4.20. The van der Waals surface area contributed by atoms with Gasteiger partial charge in [0.1, 0.15) is 0 Å². The third-order valence-corrected chi connectivity index (χ3v) is 1.93. The molecule has 0 fully saturated rings. The Hall–Kier alpha value is -0.486. The molecule has 0 bridgehead atoms. The molecule has 0 amide bonds. The van der Waals surface area contributed by atoms with Crippen molar-refractivity contribution in [3.63, 3.8) is 0 Å². The van der Waals surface area contributed by atoms with E-state index in [-0.39, 0.29) is 0 Å². The van der Waals surface area contributed by atoms with Gasteiger partial charge in [-0.05, 0) is 0 Å². The Kier molecular flexibility index (Phi) is 2.56. The number of aryl methyl sites for hydroxylation is 3. The number of nitrogens with zero attached hydrogens (tertiary/aromatic N) is 1. The molecular weight excluding hydrogens is 181 g/mol. The Bertz CT molecular complexity index is 269. The molecule has 0 unspecified atom stereocenters. The molecule has 0 heterocycles. The fourth-order valence-electron chi connectivity index (χ4n) is 1.28.